The molecular weight excluding hydrogens is 410 g/mol. The van der Waals surface area contributed by atoms with Gasteiger partial charge < -0.3 is 23.6 Å². The van der Waals surface area contributed by atoms with Gasteiger partial charge in [-0.05, 0) is 54.8 Å². The zero-order chi connectivity index (χ0) is 21.9. The fourth-order valence-electron chi connectivity index (χ4n) is 4.25. The van der Waals surface area contributed by atoms with Gasteiger partial charge in [-0.2, -0.15) is 4.98 Å². The van der Waals surface area contributed by atoms with Crippen molar-refractivity contribution in [1.29, 1.82) is 0 Å². The number of methoxy groups -OCH3 is 1. The van der Waals surface area contributed by atoms with Crippen molar-refractivity contribution in [1.82, 2.24) is 15.0 Å². The van der Waals surface area contributed by atoms with Gasteiger partial charge in [-0.15, -0.1) is 0 Å². The Morgan fingerprint density at radius 2 is 1.94 bits per heavy atom. The Morgan fingerprint density at radius 1 is 1.12 bits per heavy atom. The molecule has 0 saturated carbocycles. The first-order valence-corrected chi connectivity index (χ1v) is 10.9. The number of aryl methyl sites for hydroxylation is 1. The van der Waals surface area contributed by atoms with Gasteiger partial charge in [0.1, 0.15) is 19.0 Å². The van der Waals surface area contributed by atoms with Gasteiger partial charge in [0.15, 0.2) is 11.5 Å². The molecule has 0 N–H and O–H groups in total. The van der Waals surface area contributed by atoms with E-state index in [0.29, 0.717) is 37.8 Å². The number of fused-ring (bicyclic) bond motifs is 1. The summed E-state index contributed by atoms with van der Waals surface area (Å²) in [6, 6.07) is 13.5. The number of ether oxygens (including phenoxy) is 3. The van der Waals surface area contributed by atoms with Gasteiger partial charge in [0.25, 0.3) is 0 Å². The molecule has 32 heavy (non-hydrogen) atoms. The summed E-state index contributed by atoms with van der Waals surface area (Å²) in [5.41, 5.74) is 1.92. The Bertz CT molecular complexity index is 1100. The third-order valence-corrected chi connectivity index (χ3v) is 5.89. The lowest BCUT2D eigenvalue weighted by Crippen LogP contribution is -2.30. The van der Waals surface area contributed by atoms with Gasteiger partial charge in [0.2, 0.25) is 17.6 Å². The van der Waals surface area contributed by atoms with Crippen LogP contribution in [-0.4, -0.2) is 47.8 Å². The first-order valence-electron chi connectivity index (χ1n) is 10.9. The molecule has 0 aliphatic carbocycles. The zero-order valence-corrected chi connectivity index (χ0v) is 18.0. The lowest BCUT2D eigenvalue weighted by Gasteiger charge is -2.26. The summed E-state index contributed by atoms with van der Waals surface area (Å²) < 4.78 is 21.9. The minimum atomic E-state index is 0.0517. The van der Waals surface area contributed by atoms with Crippen molar-refractivity contribution in [3.8, 4) is 28.6 Å². The number of likely N-dealkylation sites (tertiary alicyclic amines) is 1. The maximum absolute atomic E-state index is 13.0. The average molecular weight is 435 g/mol. The van der Waals surface area contributed by atoms with E-state index in [1.165, 1.54) is 0 Å². The smallest absolute Gasteiger partial charge is 0.227 e. The van der Waals surface area contributed by atoms with Crippen molar-refractivity contribution in [2.45, 2.75) is 31.7 Å². The molecule has 1 aromatic heterocycles. The van der Waals surface area contributed by atoms with Crippen LogP contribution in [0.1, 0.15) is 36.8 Å². The van der Waals surface area contributed by atoms with E-state index in [2.05, 4.69) is 10.1 Å². The second-order valence-corrected chi connectivity index (χ2v) is 7.89. The number of hydrogen-bond donors (Lipinski definition) is 0. The largest absolute Gasteiger partial charge is 0.497 e. The fourth-order valence-corrected chi connectivity index (χ4v) is 4.25. The highest BCUT2D eigenvalue weighted by molar-refractivity contribution is 5.77. The summed E-state index contributed by atoms with van der Waals surface area (Å²) in [6.45, 7) is 1.86. The predicted molar refractivity (Wildman–Crippen MR) is 116 cm³/mol. The lowest BCUT2D eigenvalue weighted by atomic mass is 10.0. The van der Waals surface area contributed by atoms with Gasteiger partial charge in [-0.1, -0.05) is 11.2 Å². The van der Waals surface area contributed by atoms with Crippen LogP contribution in [0.5, 0.6) is 17.2 Å². The van der Waals surface area contributed by atoms with Crippen molar-refractivity contribution in [2.24, 2.45) is 0 Å². The molecule has 8 heteroatoms. The number of carbonyl (C=O) groups excluding carboxylic acids is 1. The van der Waals surface area contributed by atoms with Gasteiger partial charge in [-0.3, -0.25) is 4.79 Å². The van der Waals surface area contributed by atoms with E-state index in [1.54, 1.807) is 7.11 Å². The lowest BCUT2D eigenvalue weighted by molar-refractivity contribution is -0.132. The van der Waals surface area contributed by atoms with Crippen molar-refractivity contribution in [3.63, 3.8) is 0 Å². The number of carbonyl (C=O) groups is 1. The Kier molecular flexibility index (Phi) is 5.66. The quantitative estimate of drug-likeness (QED) is 0.582. The van der Waals surface area contributed by atoms with E-state index in [0.717, 1.165) is 47.8 Å². The number of rotatable bonds is 6. The summed E-state index contributed by atoms with van der Waals surface area (Å²) in [4.78, 5) is 19.4. The normalized spacial score (nSPS) is 17.4. The van der Waals surface area contributed by atoms with Crippen molar-refractivity contribution in [2.75, 3.05) is 26.9 Å². The predicted octanol–water partition coefficient (Wildman–Crippen LogP) is 3.81. The van der Waals surface area contributed by atoms with Crippen LogP contribution < -0.4 is 14.2 Å². The number of aromatic nitrogens is 2. The number of hydrogen-bond acceptors (Lipinski definition) is 7. The molecule has 3 heterocycles. The summed E-state index contributed by atoms with van der Waals surface area (Å²) >= 11 is 0. The highest BCUT2D eigenvalue weighted by atomic mass is 16.6. The minimum absolute atomic E-state index is 0.0517. The van der Waals surface area contributed by atoms with Crippen molar-refractivity contribution in [3.05, 3.63) is 53.9 Å². The van der Waals surface area contributed by atoms with Crippen LogP contribution in [0.15, 0.2) is 47.0 Å². The van der Waals surface area contributed by atoms with E-state index in [-0.39, 0.29) is 11.9 Å². The standard InChI is InChI=1S/C24H25N3O5/c1-29-18-7-4-16(5-8-18)24-25-22(32-26-24)10-11-23(28)27-12-2-3-19(27)17-6-9-20-21(15-17)31-14-13-30-20/h4-9,15,19H,2-3,10-14H2,1H3. The third-order valence-electron chi connectivity index (χ3n) is 5.89. The zero-order valence-electron chi connectivity index (χ0n) is 18.0. The van der Waals surface area contributed by atoms with Crippen LogP contribution in [0.3, 0.4) is 0 Å². The maximum atomic E-state index is 13.0. The molecule has 1 saturated heterocycles. The van der Waals surface area contributed by atoms with Crippen LogP contribution in [0.2, 0.25) is 0 Å². The van der Waals surface area contributed by atoms with Crippen molar-refractivity contribution >= 4 is 5.91 Å². The maximum Gasteiger partial charge on any atom is 0.227 e. The molecule has 1 amide bonds. The number of amides is 1. The van der Waals surface area contributed by atoms with Crippen molar-refractivity contribution < 1.29 is 23.5 Å². The van der Waals surface area contributed by atoms with Crippen LogP contribution in [0.4, 0.5) is 0 Å². The molecule has 2 aliphatic rings. The van der Waals surface area contributed by atoms with Gasteiger partial charge in [0, 0.05) is 24.9 Å². The van der Waals surface area contributed by atoms with E-state index >= 15 is 0 Å². The van der Waals surface area contributed by atoms with Crippen LogP contribution in [-0.2, 0) is 11.2 Å². The second-order valence-electron chi connectivity index (χ2n) is 7.89. The van der Waals surface area contributed by atoms with E-state index < -0.39 is 0 Å². The molecule has 0 bridgehead atoms. The third kappa shape index (κ3) is 4.12. The molecule has 0 spiro atoms. The van der Waals surface area contributed by atoms with Crippen LogP contribution in [0.25, 0.3) is 11.4 Å². The first-order chi connectivity index (χ1) is 15.7. The Morgan fingerprint density at radius 3 is 2.75 bits per heavy atom. The summed E-state index contributed by atoms with van der Waals surface area (Å²) in [6.07, 6.45) is 2.65. The van der Waals surface area contributed by atoms with Gasteiger partial charge >= 0.3 is 0 Å². The molecule has 0 radical (unpaired) electrons. The molecule has 5 rings (SSSR count). The van der Waals surface area contributed by atoms with Crippen LogP contribution in [0, 0.1) is 0 Å². The summed E-state index contributed by atoms with van der Waals surface area (Å²) in [7, 11) is 1.62. The highest BCUT2D eigenvalue weighted by Crippen LogP contribution is 2.38. The molecule has 3 aromatic rings. The molecule has 8 nitrogen and oxygen atoms in total. The summed E-state index contributed by atoms with van der Waals surface area (Å²) in [5.74, 6) is 3.34. The Balaban J connectivity index is 1.22. The molecule has 2 aliphatic heterocycles. The van der Waals surface area contributed by atoms with E-state index in [4.69, 9.17) is 18.7 Å². The highest BCUT2D eigenvalue weighted by Gasteiger charge is 2.31. The number of benzene rings is 2. The van der Waals surface area contributed by atoms with Crippen LogP contribution >= 0.6 is 0 Å². The van der Waals surface area contributed by atoms with Gasteiger partial charge in [0.05, 0.1) is 13.2 Å². The minimum Gasteiger partial charge on any atom is -0.497 e. The topological polar surface area (TPSA) is 86.9 Å². The average Bonchev–Trinajstić information content (AvgIpc) is 3.52. The molecule has 166 valence electrons. The summed E-state index contributed by atoms with van der Waals surface area (Å²) in [5, 5.41) is 4.04. The monoisotopic (exact) mass is 435 g/mol. The molecule has 1 unspecified atom stereocenters. The fraction of sp³-hybridized carbons (Fsp3) is 0.375. The van der Waals surface area contributed by atoms with E-state index in [9.17, 15) is 4.79 Å². The molecular formula is C24H25N3O5. The molecule has 1 fully saturated rings. The Hall–Kier alpha value is -3.55. The Labute approximate surface area is 186 Å². The SMILES string of the molecule is COc1ccc(-c2noc(CCC(=O)N3CCCC3c3ccc4c(c3)OCCO4)n2)cc1. The first kappa shape index (κ1) is 20.4. The van der Waals surface area contributed by atoms with E-state index in [1.807, 2.05) is 47.4 Å². The second kappa shape index (κ2) is 8.90. The molecule has 1 atom stereocenters. The van der Waals surface area contributed by atoms with Gasteiger partial charge in [-0.25, -0.2) is 0 Å². The number of nitrogens with zero attached hydrogens (tertiary/aromatic N) is 3. The molecule has 2 aromatic carbocycles.